The lowest BCUT2D eigenvalue weighted by Crippen LogP contribution is -2.56. The van der Waals surface area contributed by atoms with Crippen LogP contribution < -0.4 is 15.0 Å². The number of benzene rings is 3. The summed E-state index contributed by atoms with van der Waals surface area (Å²) < 4.78 is 45.1. The van der Waals surface area contributed by atoms with Gasteiger partial charge >= 0.3 is 6.18 Å². The zero-order valence-electron chi connectivity index (χ0n) is 24.0. The Kier molecular flexibility index (Phi) is 9.69. The number of nitrogens with zero attached hydrogens (tertiary/aromatic N) is 3. The lowest BCUT2D eigenvalue weighted by Gasteiger charge is -2.47. The molecule has 1 amide bonds. The number of anilines is 2. The van der Waals surface area contributed by atoms with E-state index >= 15 is 0 Å². The highest BCUT2D eigenvalue weighted by atomic mass is 19.4. The van der Waals surface area contributed by atoms with Gasteiger partial charge in [-0.15, -0.1) is 0 Å². The van der Waals surface area contributed by atoms with E-state index in [0.29, 0.717) is 42.9 Å². The first-order chi connectivity index (χ1) is 20.3. The number of nitrogens with one attached hydrogen (secondary N) is 1. The molecular weight excluding hydrogens is 541 g/mol. The maximum Gasteiger partial charge on any atom is 0.416 e. The topological polar surface area (TPSA) is 48.1 Å². The highest BCUT2D eigenvalue weighted by molar-refractivity contribution is 5.90. The zero-order valence-corrected chi connectivity index (χ0v) is 24.0. The van der Waals surface area contributed by atoms with Gasteiger partial charge in [0.1, 0.15) is 5.75 Å². The molecule has 0 aromatic heterocycles. The molecule has 0 aliphatic carbocycles. The van der Waals surface area contributed by atoms with E-state index < -0.39 is 11.7 Å². The van der Waals surface area contributed by atoms with Gasteiger partial charge in [0, 0.05) is 69.2 Å². The Morgan fingerprint density at radius 1 is 0.929 bits per heavy atom. The molecule has 2 aliphatic rings. The van der Waals surface area contributed by atoms with Crippen LogP contribution in [0.5, 0.6) is 5.75 Å². The molecule has 1 N–H and O–H groups in total. The van der Waals surface area contributed by atoms with Crippen molar-refractivity contribution in [1.82, 2.24) is 9.80 Å². The second-order valence-electron chi connectivity index (χ2n) is 11.2. The molecule has 2 saturated heterocycles. The molecule has 6 nitrogen and oxygen atoms in total. The van der Waals surface area contributed by atoms with Gasteiger partial charge in [-0.3, -0.25) is 14.6 Å². The number of ether oxygens (including phenoxy) is 1. The van der Waals surface area contributed by atoms with E-state index in [4.69, 9.17) is 4.74 Å². The molecule has 0 unspecified atom stereocenters. The largest absolute Gasteiger partial charge is 0.497 e. The van der Waals surface area contributed by atoms with Crippen molar-refractivity contribution in [2.45, 2.75) is 38.0 Å². The van der Waals surface area contributed by atoms with Crippen molar-refractivity contribution < 1.29 is 22.7 Å². The van der Waals surface area contributed by atoms with Crippen molar-refractivity contribution in [3.05, 3.63) is 90.0 Å². The number of piperazine rings is 1. The Balaban J connectivity index is 1.22. The first kappa shape index (κ1) is 29.9. The fourth-order valence-electron chi connectivity index (χ4n) is 6.28. The predicted octanol–water partition coefficient (Wildman–Crippen LogP) is 6.15. The van der Waals surface area contributed by atoms with Crippen LogP contribution in [0.15, 0.2) is 78.9 Å². The van der Waals surface area contributed by atoms with Crippen LogP contribution in [0.25, 0.3) is 0 Å². The quantitative estimate of drug-likeness (QED) is 0.329. The Labute approximate surface area is 246 Å². The SMILES string of the molecule is COc1cccc(NC(=O)CC[C@@H]2CN(Cc3ccccc3)CC[C@@H]2N2CCN(c3cccc(C(F)(F)F)c3)CC2)c1. The molecule has 3 aromatic carbocycles. The van der Waals surface area contributed by atoms with Gasteiger partial charge in [-0.25, -0.2) is 0 Å². The zero-order chi connectivity index (χ0) is 29.5. The van der Waals surface area contributed by atoms with Crippen LogP contribution in [-0.2, 0) is 17.5 Å². The summed E-state index contributed by atoms with van der Waals surface area (Å²) >= 11 is 0. The van der Waals surface area contributed by atoms with E-state index in [0.717, 1.165) is 57.3 Å². The van der Waals surface area contributed by atoms with E-state index in [9.17, 15) is 18.0 Å². The average molecular weight is 581 g/mol. The lowest BCUT2D eigenvalue weighted by atomic mass is 9.86. The maximum absolute atomic E-state index is 13.3. The van der Waals surface area contributed by atoms with Gasteiger partial charge in [-0.05, 0) is 61.2 Å². The normalized spacial score (nSPS) is 20.3. The number of likely N-dealkylation sites (tertiary alicyclic amines) is 1. The summed E-state index contributed by atoms with van der Waals surface area (Å²) in [6, 6.07) is 23.8. The number of alkyl halides is 3. The molecular formula is C33H39F3N4O2. The molecule has 2 heterocycles. The standard InChI is InChI=1S/C33H39F3N4O2/c1-42-30-12-6-10-28(22-30)37-32(41)14-13-26-24-38(23-25-7-3-2-4-8-25)16-15-31(26)40-19-17-39(18-20-40)29-11-5-9-27(21-29)33(34,35)36/h2-12,21-22,26,31H,13-20,23-24H2,1H3,(H,37,41)/t26-,31+/m1/s1. The molecule has 2 aliphatic heterocycles. The first-order valence-corrected chi connectivity index (χ1v) is 14.6. The summed E-state index contributed by atoms with van der Waals surface area (Å²) in [6.07, 6.45) is -2.17. The molecule has 224 valence electrons. The van der Waals surface area contributed by atoms with Crippen LogP contribution in [-0.4, -0.2) is 68.1 Å². The Bertz CT molecular complexity index is 1310. The third-order valence-corrected chi connectivity index (χ3v) is 8.44. The van der Waals surface area contributed by atoms with Gasteiger partial charge in [0.2, 0.25) is 5.91 Å². The van der Waals surface area contributed by atoms with Crippen LogP contribution in [0.4, 0.5) is 24.5 Å². The molecule has 0 spiro atoms. The summed E-state index contributed by atoms with van der Waals surface area (Å²) in [5.74, 6) is 0.983. The van der Waals surface area contributed by atoms with Gasteiger partial charge in [-0.1, -0.05) is 42.5 Å². The smallest absolute Gasteiger partial charge is 0.416 e. The van der Waals surface area contributed by atoms with Gasteiger partial charge < -0.3 is 15.0 Å². The number of carbonyl (C=O) groups is 1. The second kappa shape index (κ2) is 13.6. The third-order valence-electron chi connectivity index (χ3n) is 8.44. The highest BCUT2D eigenvalue weighted by Crippen LogP contribution is 2.33. The minimum Gasteiger partial charge on any atom is -0.497 e. The van der Waals surface area contributed by atoms with E-state index in [1.54, 1.807) is 13.2 Å². The molecule has 0 radical (unpaired) electrons. The van der Waals surface area contributed by atoms with E-state index in [-0.39, 0.29) is 5.91 Å². The van der Waals surface area contributed by atoms with E-state index in [2.05, 4.69) is 39.4 Å². The minimum atomic E-state index is -4.35. The van der Waals surface area contributed by atoms with Crippen molar-refractivity contribution in [2.24, 2.45) is 5.92 Å². The molecule has 0 bridgehead atoms. The molecule has 42 heavy (non-hydrogen) atoms. The predicted molar refractivity (Wildman–Crippen MR) is 160 cm³/mol. The average Bonchev–Trinajstić information content (AvgIpc) is 3.00. The number of piperidine rings is 1. The second-order valence-corrected chi connectivity index (χ2v) is 11.2. The van der Waals surface area contributed by atoms with Crippen LogP contribution in [0.2, 0.25) is 0 Å². The summed E-state index contributed by atoms with van der Waals surface area (Å²) in [4.78, 5) is 20.0. The number of hydrogen-bond donors (Lipinski definition) is 1. The van der Waals surface area contributed by atoms with Gasteiger partial charge in [0.25, 0.3) is 0 Å². The number of amides is 1. The van der Waals surface area contributed by atoms with Crippen LogP contribution in [0, 0.1) is 5.92 Å². The Hall–Kier alpha value is -3.56. The van der Waals surface area contributed by atoms with Crippen LogP contribution >= 0.6 is 0 Å². The first-order valence-electron chi connectivity index (χ1n) is 14.6. The molecule has 3 aromatic rings. The van der Waals surface area contributed by atoms with E-state index in [1.165, 1.54) is 17.7 Å². The summed E-state index contributed by atoms with van der Waals surface area (Å²) in [5, 5.41) is 3.01. The molecule has 2 fully saturated rings. The van der Waals surface area contributed by atoms with Gasteiger partial charge in [-0.2, -0.15) is 13.2 Å². The number of methoxy groups -OCH3 is 1. The van der Waals surface area contributed by atoms with Crippen LogP contribution in [0.3, 0.4) is 0 Å². The summed E-state index contributed by atoms with van der Waals surface area (Å²) in [7, 11) is 1.60. The van der Waals surface area contributed by atoms with E-state index in [1.807, 2.05) is 35.2 Å². The minimum absolute atomic E-state index is 0.0171. The number of halogens is 3. The third kappa shape index (κ3) is 7.83. The monoisotopic (exact) mass is 580 g/mol. The van der Waals surface area contributed by atoms with Crippen molar-refractivity contribution in [3.63, 3.8) is 0 Å². The fraction of sp³-hybridized carbons (Fsp3) is 0.424. The van der Waals surface area contributed by atoms with Gasteiger partial charge in [0.05, 0.1) is 12.7 Å². The van der Waals surface area contributed by atoms with Crippen molar-refractivity contribution >= 4 is 17.3 Å². The van der Waals surface area contributed by atoms with Crippen molar-refractivity contribution in [1.29, 1.82) is 0 Å². The molecule has 2 atom stereocenters. The number of rotatable bonds is 9. The molecule has 0 saturated carbocycles. The summed E-state index contributed by atoms with van der Waals surface area (Å²) in [5.41, 5.74) is 2.00. The maximum atomic E-state index is 13.3. The highest BCUT2D eigenvalue weighted by Gasteiger charge is 2.35. The van der Waals surface area contributed by atoms with Crippen LogP contribution in [0.1, 0.15) is 30.4 Å². The Morgan fingerprint density at radius 2 is 1.69 bits per heavy atom. The van der Waals surface area contributed by atoms with Crippen molar-refractivity contribution in [2.75, 3.05) is 56.6 Å². The molecule has 9 heteroatoms. The lowest BCUT2D eigenvalue weighted by molar-refractivity contribution is -0.137. The fourth-order valence-corrected chi connectivity index (χ4v) is 6.28. The van der Waals surface area contributed by atoms with Gasteiger partial charge in [0.15, 0.2) is 0 Å². The molecule has 5 rings (SSSR count). The number of hydrogen-bond acceptors (Lipinski definition) is 5. The van der Waals surface area contributed by atoms with Crippen molar-refractivity contribution in [3.8, 4) is 5.75 Å². The summed E-state index contributed by atoms with van der Waals surface area (Å²) in [6.45, 7) is 5.67. The number of carbonyl (C=O) groups excluding carboxylic acids is 1. The Morgan fingerprint density at radius 3 is 2.43 bits per heavy atom.